The highest BCUT2D eigenvalue weighted by Crippen LogP contribution is 2.26. The van der Waals surface area contributed by atoms with Crippen LogP contribution in [0.25, 0.3) is 0 Å². The van der Waals surface area contributed by atoms with Crippen molar-refractivity contribution in [1.82, 2.24) is 10.2 Å². The number of methoxy groups -OCH3 is 1. The first-order valence-electron chi connectivity index (χ1n) is 12.3. The van der Waals surface area contributed by atoms with E-state index >= 15 is 0 Å². The first kappa shape index (κ1) is 30.1. The molecule has 0 radical (unpaired) electrons. The van der Waals surface area contributed by atoms with Crippen LogP contribution >= 0.6 is 0 Å². The van der Waals surface area contributed by atoms with Crippen molar-refractivity contribution in [3.05, 3.63) is 59.2 Å². The van der Waals surface area contributed by atoms with Gasteiger partial charge in [0.2, 0.25) is 11.8 Å². The second-order valence-corrected chi connectivity index (χ2v) is 10.1. The van der Waals surface area contributed by atoms with E-state index in [1.54, 1.807) is 58.2 Å². The predicted molar refractivity (Wildman–Crippen MR) is 145 cm³/mol. The Morgan fingerprint density at radius 1 is 1.00 bits per heavy atom. The molecule has 0 aliphatic heterocycles. The largest absolute Gasteiger partial charge is 0.497 e. The van der Waals surface area contributed by atoms with Gasteiger partial charge in [-0.15, -0.1) is 0 Å². The van der Waals surface area contributed by atoms with Crippen LogP contribution in [-0.2, 0) is 19.1 Å². The van der Waals surface area contributed by atoms with Gasteiger partial charge in [-0.1, -0.05) is 18.2 Å². The molecule has 38 heavy (non-hydrogen) atoms. The monoisotopic (exact) mass is 526 g/mol. The van der Waals surface area contributed by atoms with E-state index in [9.17, 15) is 19.2 Å². The Labute approximate surface area is 223 Å². The normalized spacial score (nSPS) is 12.6. The minimum Gasteiger partial charge on any atom is -0.497 e. The van der Waals surface area contributed by atoms with Crippen LogP contribution in [0.1, 0.15) is 56.3 Å². The smallest absolute Gasteiger partial charge is 0.408 e. The molecule has 0 heterocycles. The van der Waals surface area contributed by atoms with Crippen molar-refractivity contribution in [2.75, 3.05) is 19.5 Å². The summed E-state index contributed by atoms with van der Waals surface area (Å²) >= 11 is 0. The molecule has 0 saturated carbocycles. The zero-order chi connectivity index (χ0) is 28.6. The van der Waals surface area contributed by atoms with Gasteiger partial charge in [0, 0.05) is 19.2 Å². The van der Waals surface area contributed by atoms with E-state index in [1.165, 1.54) is 11.9 Å². The molecule has 10 heteroatoms. The van der Waals surface area contributed by atoms with Crippen molar-refractivity contribution < 1.29 is 28.7 Å². The quantitative estimate of drug-likeness (QED) is 0.432. The Hall–Kier alpha value is -4.08. The molecule has 0 aliphatic carbocycles. The van der Waals surface area contributed by atoms with Gasteiger partial charge in [-0.2, -0.15) is 0 Å². The number of carbonyl (C=O) groups excluding carboxylic acids is 4. The number of nitrogens with zero attached hydrogens (tertiary/aromatic N) is 1. The van der Waals surface area contributed by atoms with Gasteiger partial charge in [0.15, 0.2) is 0 Å². The maximum Gasteiger partial charge on any atom is 0.408 e. The fourth-order valence-electron chi connectivity index (χ4n) is 3.74. The van der Waals surface area contributed by atoms with Crippen molar-refractivity contribution in [3.63, 3.8) is 0 Å². The second kappa shape index (κ2) is 12.9. The minimum atomic E-state index is -1.15. The van der Waals surface area contributed by atoms with Crippen molar-refractivity contribution in [2.24, 2.45) is 5.73 Å². The standard InChI is InChI=1S/C28H38N4O6/c1-17-8-9-19(16-18(17)2)24(25(34)30-20-10-12-21(37-7)13-11-20)32(6)26(35)22(14-15-23(29)33)31-27(36)38-28(3,4)5/h8-13,16,22,24H,14-15H2,1-7H3,(H2,29,33)(H,30,34)(H,31,36). The number of hydrogen-bond donors (Lipinski definition) is 3. The molecule has 0 bridgehead atoms. The molecule has 2 unspecified atom stereocenters. The molecule has 4 N–H and O–H groups in total. The van der Waals surface area contributed by atoms with Crippen molar-refractivity contribution >= 4 is 29.5 Å². The lowest BCUT2D eigenvalue weighted by atomic mass is 9.98. The molecular weight excluding hydrogens is 488 g/mol. The number of hydrogen-bond acceptors (Lipinski definition) is 6. The van der Waals surface area contributed by atoms with Crippen LogP contribution in [0.3, 0.4) is 0 Å². The van der Waals surface area contributed by atoms with Gasteiger partial charge in [-0.05, 0) is 82.0 Å². The number of likely N-dealkylation sites (N-methyl/N-ethyl adjacent to an activating group) is 1. The van der Waals surface area contributed by atoms with E-state index in [1.807, 2.05) is 26.0 Å². The molecule has 206 valence electrons. The highest BCUT2D eigenvalue weighted by Gasteiger charge is 2.34. The zero-order valence-corrected chi connectivity index (χ0v) is 23.1. The summed E-state index contributed by atoms with van der Waals surface area (Å²) in [5, 5.41) is 5.38. The van der Waals surface area contributed by atoms with Crippen LogP contribution in [0.5, 0.6) is 5.75 Å². The summed E-state index contributed by atoms with van der Waals surface area (Å²) in [6.45, 7) is 8.94. The number of anilines is 1. The van der Waals surface area contributed by atoms with Crippen LogP contribution < -0.4 is 21.1 Å². The molecule has 0 aromatic heterocycles. The van der Waals surface area contributed by atoms with Crippen LogP contribution in [0.4, 0.5) is 10.5 Å². The number of rotatable bonds is 10. The van der Waals surface area contributed by atoms with Gasteiger partial charge in [0.25, 0.3) is 5.91 Å². The number of alkyl carbamates (subject to hydrolysis) is 1. The fraction of sp³-hybridized carbons (Fsp3) is 0.429. The first-order valence-corrected chi connectivity index (χ1v) is 12.3. The highest BCUT2D eigenvalue weighted by molar-refractivity contribution is 5.99. The maximum atomic E-state index is 13.7. The van der Waals surface area contributed by atoms with Crippen molar-refractivity contribution in [3.8, 4) is 5.75 Å². The van der Waals surface area contributed by atoms with Crippen molar-refractivity contribution in [1.29, 1.82) is 0 Å². The Morgan fingerprint density at radius 2 is 1.63 bits per heavy atom. The van der Waals surface area contributed by atoms with Crippen LogP contribution in [0.15, 0.2) is 42.5 Å². The van der Waals surface area contributed by atoms with Crippen molar-refractivity contribution in [2.45, 2.75) is 65.1 Å². The summed E-state index contributed by atoms with van der Waals surface area (Å²) in [5.74, 6) is -1.03. The molecule has 10 nitrogen and oxygen atoms in total. The number of nitrogens with two attached hydrogens (primary N) is 1. The summed E-state index contributed by atoms with van der Waals surface area (Å²) < 4.78 is 10.5. The van der Waals surface area contributed by atoms with E-state index in [0.717, 1.165) is 11.1 Å². The van der Waals surface area contributed by atoms with Crippen LogP contribution in [0, 0.1) is 13.8 Å². The van der Waals surface area contributed by atoms with Gasteiger partial charge in [0.1, 0.15) is 23.4 Å². The Morgan fingerprint density at radius 3 is 2.16 bits per heavy atom. The number of primary amides is 1. The average molecular weight is 527 g/mol. The molecule has 2 rings (SSSR count). The summed E-state index contributed by atoms with van der Waals surface area (Å²) in [6.07, 6.45) is -1.02. The van der Waals surface area contributed by atoms with Gasteiger partial charge in [0.05, 0.1) is 7.11 Å². The maximum absolute atomic E-state index is 13.7. The number of benzene rings is 2. The lowest BCUT2D eigenvalue weighted by molar-refractivity contribution is -0.139. The summed E-state index contributed by atoms with van der Waals surface area (Å²) in [7, 11) is 3.02. The van der Waals surface area contributed by atoms with Gasteiger partial charge >= 0.3 is 6.09 Å². The molecule has 2 aromatic carbocycles. The Balaban J connectivity index is 2.41. The molecule has 0 fully saturated rings. The highest BCUT2D eigenvalue weighted by atomic mass is 16.6. The molecule has 0 saturated heterocycles. The predicted octanol–water partition coefficient (Wildman–Crippen LogP) is 3.61. The number of ether oxygens (including phenoxy) is 2. The lowest BCUT2D eigenvalue weighted by Crippen LogP contribution is -2.51. The Kier molecular flexibility index (Phi) is 10.3. The minimum absolute atomic E-state index is 0.0580. The fourth-order valence-corrected chi connectivity index (χ4v) is 3.74. The SMILES string of the molecule is COc1ccc(NC(=O)C(c2ccc(C)c(C)c2)N(C)C(=O)C(CCC(N)=O)NC(=O)OC(C)(C)C)cc1. The number of carbonyl (C=O) groups is 4. The molecule has 2 aromatic rings. The number of amides is 4. The van der Waals surface area contributed by atoms with E-state index in [-0.39, 0.29) is 12.8 Å². The third-order valence-corrected chi connectivity index (χ3v) is 5.86. The van der Waals surface area contributed by atoms with Gasteiger partial charge < -0.3 is 30.7 Å². The van der Waals surface area contributed by atoms with E-state index in [2.05, 4.69) is 10.6 Å². The van der Waals surface area contributed by atoms with Crippen LogP contribution in [-0.4, -0.2) is 54.5 Å². The van der Waals surface area contributed by atoms with E-state index < -0.39 is 41.5 Å². The molecule has 0 aliphatic rings. The van der Waals surface area contributed by atoms with Gasteiger partial charge in [-0.25, -0.2) is 4.79 Å². The van der Waals surface area contributed by atoms with E-state index in [4.69, 9.17) is 15.2 Å². The topological polar surface area (TPSA) is 140 Å². The van der Waals surface area contributed by atoms with E-state index in [0.29, 0.717) is 17.0 Å². The molecule has 4 amide bonds. The summed E-state index contributed by atoms with van der Waals surface area (Å²) in [4.78, 5) is 52.5. The third-order valence-electron chi connectivity index (χ3n) is 5.86. The summed E-state index contributed by atoms with van der Waals surface area (Å²) in [6, 6.07) is 10.1. The number of nitrogens with one attached hydrogen (secondary N) is 2. The number of aryl methyl sites for hydroxylation is 2. The lowest BCUT2D eigenvalue weighted by Gasteiger charge is -2.32. The Bertz CT molecular complexity index is 1160. The summed E-state index contributed by atoms with van der Waals surface area (Å²) in [5.41, 5.74) is 7.59. The third kappa shape index (κ3) is 8.79. The van der Waals surface area contributed by atoms with Gasteiger partial charge in [-0.3, -0.25) is 14.4 Å². The molecule has 0 spiro atoms. The second-order valence-electron chi connectivity index (χ2n) is 10.1. The average Bonchev–Trinajstić information content (AvgIpc) is 2.82. The first-order chi connectivity index (χ1) is 17.7. The molecule has 2 atom stereocenters. The molecular formula is C28H38N4O6. The van der Waals surface area contributed by atoms with Crippen LogP contribution in [0.2, 0.25) is 0 Å². The zero-order valence-electron chi connectivity index (χ0n) is 23.1.